The van der Waals surface area contributed by atoms with E-state index in [4.69, 9.17) is 4.74 Å². The maximum absolute atomic E-state index is 12.2. The van der Waals surface area contributed by atoms with Crippen LogP contribution in [0.25, 0.3) is 11.4 Å². The van der Waals surface area contributed by atoms with Crippen molar-refractivity contribution in [1.29, 1.82) is 5.26 Å². The molecule has 8 heteroatoms. The fourth-order valence-corrected chi connectivity index (χ4v) is 4.59. The summed E-state index contributed by atoms with van der Waals surface area (Å²) in [5, 5.41) is 12.7. The Kier molecular flexibility index (Phi) is 5.40. The number of carbonyl (C=O) groups excluding carboxylic acids is 2. The number of H-pyrrole nitrogens is 1. The molecule has 3 aromatic rings. The minimum absolute atomic E-state index is 0.345. The number of rotatable bonds is 5. The van der Waals surface area contributed by atoms with Crippen molar-refractivity contribution in [2.45, 2.75) is 25.7 Å². The summed E-state index contributed by atoms with van der Waals surface area (Å²) in [5.74, 6) is -0.339. The van der Waals surface area contributed by atoms with Crippen LogP contribution in [-0.2, 0) is 22.4 Å². The van der Waals surface area contributed by atoms with Crippen molar-refractivity contribution in [3.63, 3.8) is 0 Å². The van der Waals surface area contributed by atoms with Gasteiger partial charge < -0.3 is 15.0 Å². The number of benzene rings is 1. The highest BCUT2D eigenvalue weighted by Crippen LogP contribution is 2.37. The molecule has 0 spiro atoms. The van der Waals surface area contributed by atoms with Crippen LogP contribution in [0.4, 0.5) is 5.00 Å². The number of hydrogen-bond acceptors (Lipinski definition) is 6. The third-order valence-corrected chi connectivity index (χ3v) is 5.97. The van der Waals surface area contributed by atoms with Crippen molar-refractivity contribution in [3.8, 4) is 17.5 Å². The molecule has 0 fully saturated rings. The number of aryl methyl sites for hydroxylation is 1. The fraction of sp³-hybridized carbons (Fsp3) is 0.238. The van der Waals surface area contributed by atoms with Crippen molar-refractivity contribution in [3.05, 3.63) is 58.2 Å². The molecule has 0 bridgehead atoms. The summed E-state index contributed by atoms with van der Waals surface area (Å²) >= 11 is 1.44. The lowest BCUT2D eigenvalue weighted by atomic mass is 9.96. The number of amides is 1. The molecule has 2 heterocycles. The smallest absolute Gasteiger partial charge is 0.338 e. The van der Waals surface area contributed by atoms with Gasteiger partial charge in [-0.1, -0.05) is 12.1 Å². The summed E-state index contributed by atoms with van der Waals surface area (Å²) in [7, 11) is 0. The first-order valence-electron chi connectivity index (χ1n) is 9.27. The highest BCUT2D eigenvalue weighted by atomic mass is 32.1. The number of thiophene rings is 1. The predicted molar refractivity (Wildman–Crippen MR) is 109 cm³/mol. The largest absolute Gasteiger partial charge is 0.452 e. The third kappa shape index (κ3) is 4.05. The van der Waals surface area contributed by atoms with Crippen molar-refractivity contribution >= 4 is 28.2 Å². The van der Waals surface area contributed by atoms with Crippen LogP contribution in [0, 0.1) is 11.3 Å². The van der Waals surface area contributed by atoms with Gasteiger partial charge in [-0.2, -0.15) is 5.26 Å². The maximum Gasteiger partial charge on any atom is 0.338 e. The SMILES string of the molecule is N#Cc1c(NC(=O)COC(=O)c2ccc(-c3ncc[nH]3)cc2)sc2c1CCCC2. The van der Waals surface area contributed by atoms with E-state index >= 15 is 0 Å². The lowest BCUT2D eigenvalue weighted by Crippen LogP contribution is -2.20. The Hall–Kier alpha value is -3.44. The number of aromatic amines is 1. The van der Waals surface area contributed by atoms with E-state index < -0.39 is 18.5 Å². The number of ether oxygens (including phenoxy) is 1. The van der Waals surface area contributed by atoms with Gasteiger partial charge >= 0.3 is 5.97 Å². The van der Waals surface area contributed by atoms with E-state index in [1.807, 2.05) is 0 Å². The number of nitriles is 1. The second kappa shape index (κ2) is 8.29. The van der Waals surface area contributed by atoms with Gasteiger partial charge in [-0.25, -0.2) is 9.78 Å². The molecule has 1 aromatic carbocycles. The summed E-state index contributed by atoms with van der Waals surface area (Å²) in [6, 6.07) is 8.95. The Balaban J connectivity index is 1.36. The zero-order chi connectivity index (χ0) is 20.2. The average Bonchev–Trinajstić information content (AvgIpc) is 3.39. The standard InChI is InChI=1S/C21H18N4O3S/c22-11-16-15-3-1-2-4-17(15)29-20(16)25-18(26)12-28-21(27)14-7-5-13(6-8-14)19-23-9-10-24-19/h5-10H,1-4,12H2,(H,23,24)(H,25,26). The van der Waals surface area contributed by atoms with Crippen LogP contribution < -0.4 is 5.32 Å². The Morgan fingerprint density at radius 3 is 2.76 bits per heavy atom. The minimum Gasteiger partial charge on any atom is -0.452 e. The maximum atomic E-state index is 12.2. The lowest BCUT2D eigenvalue weighted by Gasteiger charge is -2.09. The molecule has 1 aliphatic carbocycles. The molecule has 29 heavy (non-hydrogen) atoms. The van der Waals surface area contributed by atoms with Crippen molar-refractivity contribution < 1.29 is 14.3 Å². The predicted octanol–water partition coefficient (Wildman–Crippen LogP) is 3.68. The van der Waals surface area contributed by atoms with Crippen LogP contribution >= 0.6 is 11.3 Å². The average molecular weight is 406 g/mol. The monoisotopic (exact) mass is 406 g/mol. The Morgan fingerprint density at radius 1 is 1.24 bits per heavy atom. The molecule has 0 radical (unpaired) electrons. The molecule has 4 rings (SSSR count). The number of esters is 1. The molecule has 0 atom stereocenters. The Labute approximate surface area is 171 Å². The van der Waals surface area contributed by atoms with Gasteiger partial charge in [-0.15, -0.1) is 11.3 Å². The normalized spacial score (nSPS) is 12.7. The summed E-state index contributed by atoms with van der Waals surface area (Å²) < 4.78 is 5.12. The van der Waals surface area contributed by atoms with Crippen LogP contribution in [0.1, 0.15) is 39.2 Å². The summed E-state index contributed by atoms with van der Waals surface area (Å²) in [5.41, 5.74) is 2.78. The van der Waals surface area contributed by atoms with Gasteiger partial charge in [0.25, 0.3) is 5.91 Å². The van der Waals surface area contributed by atoms with Gasteiger partial charge in [0.15, 0.2) is 6.61 Å². The molecule has 1 amide bonds. The van der Waals surface area contributed by atoms with Crippen LogP contribution in [-0.4, -0.2) is 28.5 Å². The molecular formula is C21H18N4O3S. The topological polar surface area (TPSA) is 108 Å². The zero-order valence-corrected chi connectivity index (χ0v) is 16.3. The van der Waals surface area contributed by atoms with E-state index in [-0.39, 0.29) is 0 Å². The molecule has 146 valence electrons. The zero-order valence-electron chi connectivity index (χ0n) is 15.5. The number of anilines is 1. The van der Waals surface area contributed by atoms with Crippen LogP contribution in [0.5, 0.6) is 0 Å². The van der Waals surface area contributed by atoms with Crippen molar-refractivity contribution in [2.75, 3.05) is 11.9 Å². The highest BCUT2D eigenvalue weighted by Gasteiger charge is 2.22. The van der Waals surface area contributed by atoms with Gasteiger partial charge in [-0.3, -0.25) is 4.79 Å². The lowest BCUT2D eigenvalue weighted by molar-refractivity contribution is -0.119. The molecule has 2 N–H and O–H groups in total. The molecule has 0 saturated heterocycles. The van der Waals surface area contributed by atoms with Crippen LogP contribution in [0.3, 0.4) is 0 Å². The molecular weight excluding hydrogens is 388 g/mol. The molecule has 0 saturated carbocycles. The summed E-state index contributed by atoms with van der Waals surface area (Å²) in [4.78, 5) is 32.7. The molecule has 2 aromatic heterocycles. The molecule has 1 aliphatic rings. The number of fused-ring (bicyclic) bond motifs is 1. The third-order valence-electron chi connectivity index (χ3n) is 4.76. The first-order chi connectivity index (χ1) is 14.2. The highest BCUT2D eigenvalue weighted by molar-refractivity contribution is 7.16. The molecule has 0 unspecified atom stereocenters. The quantitative estimate of drug-likeness (QED) is 0.629. The first kappa shape index (κ1) is 18.9. The van der Waals surface area contributed by atoms with Crippen LogP contribution in [0.2, 0.25) is 0 Å². The van der Waals surface area contributed by atoms with E-state index in [1.165, 1.54) is 11.3 Å². The summed E-state index contributed by atoms with van der Waals surface area (Å²) in [6.45, 7) is -0.411. The molecule has 7 nitrogen and oxygen atoms in total. The van der Waals surface area contributed by atoms with Gasteiger partial charge in [0.2, 0.25) is 0 Å². The fourth-order valence-electron chi connectivity index (χ4n) is 3.34. The summed E-state index contributed by atoms with van der Waals surface area (Å²) in [6.07, 6.45) is 7.33. The van der Waals surface area contributed by atoms with Crippen LogP contribution in [0.15, 0.2) is 36.7 Å². The number of nitrogens with zero attached hydrogens (tertiary/aromatic N) is 2. The van der Waals surface area contributed by atoms with E-state index in [0.29, 0.717) is 22.0 Å². The van der Waals surface area contributed by atoms with E-state index in [9.17, 15) is 14.9 Å². The minimum atomic E-state index is -0.586. The second-order valence-electron chi connectivity index (χ2n) is 6.67. The van der Waals surface area contributed by atoms with E-state index in [0.717, 1.165) is 41.7 Å². The number of nitrogens with one attached hydrogen (secondary N) is 2. The first-order valence-corrected chi connectivity index (χ1v) is 10.1. The van der Waals surface area contributed by atoms with Crippen molar-refractivity contribution in [2.24, 2.45) is 0 Å². The Bertz CT molecular complexity index is 1080. The van der Waals surface area contributed by atoms with E-state index in [2.05, 4.69) is 21.4 Å². The number of carbonyl (C=O) groups is 2. The van der Waals surface area contributed by atoms with Gasteiger partial charge in [0.05, 0.1) is 11.1 Å². The van der Waals surface area contributed by atoms with Gasteiger partial charge in [0, 0.05) is 22.8 Å². The number of hydrogen-bond donors (Lipinski definition) is 2. The van der Waals surface area contributed by atoms with E-state index in [1.54, 1.807) is 36.7 Å². The van der Waals surface area contributed by atoms with Crippen molar-refractivity contribution in [1.82, 2.24) is 9.97 Å². The molecule has 0 aliphatic heterocycles. The number of aromatic nitrogens is 2. The second-order valence-corrected chi connectivity index (χ2v) is 7.77. The van der Waals surface area contributed by atoms with Gasteiger partial charge in [-0.05, 0) is 43.4 Å². The van der Waals surface area contributed by atoms with Gasteiger partial charge in [0.1, 0.15) is 16.9 Å². The Morgan fingerprint density at radius 2 is 2.03 bits per heavy atom. The number of imidazole rings is 1.